The average molecular weight is 265 g/mol. The summed E-state index contributed by atoms with van der Waals surface area (Å²) in [6, 6.07) is 8.80. The van der Waals surface area contributed by atoms with Crippen LogP contribution in [0.3, 0.4) is 0 Å². The van der Waals surface area contributed by atoms with Gasteiger partial charge in [0.25, 0.3) is 0 Å². The molecule has 1 atom stereocenters. The fraction of sp³-hybridized carbons (Fsp3) is 0.429. The number of carbonyl (C=O) groups is 2. The van der Waals surface area contributed by atoms with Gasteiger partial charge in [-0.25, -0.2) is 4.79 Å². The van der Waals surface area contributed by atoms with Crippen LogP contribution in [0.4, 0.5) is 0 Å². The van der Waals surface area contributed by atoms with Crippen LogP contribution < -0.4 is 5.32 Å². The molecule has 0 saturated heterocycles. The van der Waals surface area contributed by atoms with Crippen molar-refractivity contribution >= 4 is 11.9 Å². The van der Waals surface area contributed by atoms with Crippen LogP contribution in [0.25, 0.3) is 0 Å². The molecule has 1 rings (SSSR count). The van der Waals surface area contributed by atoms with Gasteiger partial charge in [-0.05, 0) is 5.56 Å². The quantitative estimate of drug-likeness (QED) is 0.745. The summed E-state index contributed by atoms with van der Waals surface area (Å²) >= 11 is 0. The molecule has 5 nitrogen and oxygen atoms in total. The number of methoxy groups -OCH3 is 2. The molecule has 0 bridgehead atoms. The van der Waals surface area contributed by atoms with Crippen molar-refractivity contribution in [3.8, 4) is 0 Å². The van der Waals surface area contributed by atoms with Gasteiger partial charge in [0.15, 0.2) is 0 Å². The third-order valence-electron chi connectivity index (χ3n) is 2.64. The molecule has 0 spiro atoms. The van der Waals surface area contributed by atoms with Crippen LogP contribution in [0.15, 0.2) is 30.3 Å². The first kappa shape index (κ1) is 15.2. The second kappa shape index (κ2) is 8.26. The number of carbonyl (C=O) groups excluding carboxylic acids is 2. The molecule has 0 aliphatic rings. The molecular formula is C14H19NO4. The first-order valence-corrected chi connectivity index (χ1v) is 6.07. The molecule has 5 heteroatoms. The molecule has 0 heterocycles. The Morgan fingerprint density at radius 2 is 1.89 bits per heavy atom. The van der Waals surface area contributed by atoms with Crippen molar-refractivity contribution in [1.29, 1.82) is 0 Å². The molecule has 19 heavy (non-hydrogen) atoms. The standard InChI is InChI=1S/C14H19NO4/c1-18-9-8-13(16)15-12(14(17)19-2)10-11-6-4-3-5-7-11/h3-7,12H,8-10H2,1-2H3,(H,15,16). The van der Waals surface area contributed by atoms with Gasteiger partial charge >= 0.3 is 5.97 Å². The Hall–Kier alpha value is -1.88. The van der Waals surface area contributed by atoms with Gasteiger partial charge in [-0.15, -0.1) is 0 Å². The van der Waals surface area contributed by atoms with Crippen LogP contribution in [0.2, 0.25) is 0 Å². The highest BCUT2D eigenvalue weighted by molar-refractivity contribution is 5.84. The Kier molecular flexibility index (Phi) is 6.60. The molecule has 1 N–H and O–H groups in total. The SMILES string of the molecule is COCCC(=O)NC(Cc1ccccc1)C(=O)OC. The second-order valence-electron chi connectivity index (χ2n) is 4.08. The van der Waals surface area contributed by atoms with Crippen molar-refractivity contribution in [2.24, 2.45) is 0 Å². The lowest BCUT2D eigenvalue weighted by Crippen LogP contribution is -2.43. The van der Waals surface area contributed by atoms with Crippen molar-refractivity contribution in [1.82, 2.24) is 5.32 Å². The number of hydrogen-bond acceptors (Lipinski definition) is 4. The smallest absolute Gasteiger partial charge is 0.328 e. The normalized spacial score (nSPS) is 11.7. The summed E-state index contributed by atoms with van der Waals surface area (Å²) < 4.78 is 9.53. The summed E-state index contributed by atoms with van der Waals surface area (Å²) in [7, 11) is 2.83. The largest absolute Gasteiger partial charge is 0.467 e. The van der Waals surface area contributed by atoms with Gasteiger partial charge < -0.3 is 14.8 Å². The van der Waals surface area contributed by atoms with Crippen LogP contribution in [-0.4, -0.2) is 38.7 Å². The zero-order valence-corrected chi connectivity index (χ0v) is 11.2. The van der Waals surface area contributed by atoms with Gasteiger partial charge in [0, 0.05) is 20.0 Å². The van der Waals surface area contributed by atoms with Crippen molar-refractivity contribution < 1.29 is 19.1 Å². The molecule has 0 saturated carbocycles. The van der Waals surface area contributed by atoms with E-state index in [0.29, 0.717) is 13.0 Å². The molecular weight excluding hydrogens is 246 g/mol. The highest BCUT2D eigenvalue weighted by atomic mass is 16.5. The molecule has 1 aromatic rings. The Balaban J connectivity index is 2.62. The monoisotopic (exact) mass is 265 g/mol. The topological polar surface area (TPSA) is 64.6 Å². The van der Waals surface area contributed by atoms with E-state index >= 15 is 0 Å². The molecule has 104 valence electrons. The summed E-state index contributed by atoms with van der Waals surface area (Å²) in [5, 5.41) is 2.66. The van der Waals surface area contributed by atoms with Crippen molar-refractivity contribution in [2.45, 2.75) is 18.9 Å². The van der Waals surface area contributed by atoms with Crippen molar-refractivity contribution in [3.05, 3.63) is 35.9 Å². The van der Waals surface area contributed by atoms with E-state index in [1.165, 1.54) is 14.2 Å². The maximum absolute atomic E-state index is 11.7. The Morgan fingerprint density at radius 3 is 2.47 bits per heavy atom. The number of amides is 1. The van der Waals surface area contributed by atoms with E-state index in [1.807, 2.05) is 30.3 Å². The van der Waals surface area contributed by atoms with Crippen molar-refractivity contribution in [2.75, 3.05) is 20.8 Å². The Labute approximate surface area is 112 Å². The lowest BCUT2D eigenvalue weighted by molar-refractivity contribution is -0.145. The number of ether oxygens (including phenoxy) is 2. The molecule has 1 unspecified atom stereocenters. The minimum atomic E-state index is -0.670. The maximum atomic E-state index is 11.7. The van der Waals surface area contributed by atoms with Crippen LogP contribution in [0, 0.1) is 0 Å². The van der Waals surface area contributed by atoms with Gasteiger partial charge in [0.05, 0.1) is 13.7 Å². The van der Waals surface area contributed by atoms with Crippen LogP contribution in [0.5, 0.6) is 0 Å². The van der Waals surface area contributed by atoms with E-state index in [4.69, 9.17) is 9.47 Å². The summed E-state index contributed by atoms with van der Waals surface area (Å²) in [6.45, 7) is 0.324. The molecule has 0 radical (unpaired) electrons. The predicted octanol–water partition coefficient (Wildman–Crippen LogP) is 0.923. The van der Waals surface area contributed by atoms with Crippen LogP contribution in [-0.2, 0) is 25.5 Å². The van der Waals surface area contributed by atoms with E-state index in [1.54, 1.807) is 0 Å². The van der Waals surface area contributed by atoms with E-state index in [-0.39, 0.29) is 12.3 Å². The number of esters is 1. The fourth-order valence-corrected chi connectivity index (χ4v) is 1.65. The van der Waals surface area contributed by atoms with E-state index in [9.17, 15) is 9.59 Å². The summed E-state index contributed by atoms with van der Waals surface area (Å²) in [6.07, 6.45) is 0.630. The lowest BCUT2D eigenvalue weighted by Gasteiger charge is -2.16. The lowest BCUT2D eigenvalue weighted by atomic mass is 10.1. The molecule has 1 aromatic carbocycles. The van der Waals surface area contributed by atoms with Gasteiger partial charge in [0.1, 0.15) is 6.04 Å². The number of nitrogens with one attached hydrogen (secondary N) is 1. The number of benzene rings is 1. The fourth-order valence-electron chi connectivity index (χ4n) is 1.65. The summed E-state index contributed by atoms with van der Waals surface area (Å²) in [5.74, 6) is -0.678. The van der Waals surface area contributed by atoms with E-state index in [2.05, 4.69) is 5.32 Å². The minimum Gasteiger partial charge on any atom is -0.467 e. The highest BCUT2D eigenvalue weighted by Gasteiger charge is 2.21. The average Bonchev–Trinajstić information content (AvgIpc) is 2.44. The van der Waals surface area contributed by atoms with Crippen molar-refractivity contribution in [3.63, 3.8) is 0 Å². The van der Waals surface area contributed by atoms with Gasteiger partial charge in [-0.2, -0.15) is 0 Å². The second-order valence-corrected chi connectivity index (χ2v) is 4.08. The van der Waals surface area contributed by atoms with Crippen LogP contribution >= 0.6 is 0 Å². The van der Waals surface area contributed by atoms with E-state index < -0.39 is 12.0 Å². The minimum absolute atomic E-state index is 0.221. The molecule has 0 fully saturated rings. The zero-order valence-electron chi connectivity index (χ0n) is 11.2. The van der Waals surface area contributed by atoms with E-state index in [0.717, 1.165) is 5.56 Å². The number of rotatable bonds is 7. The maximum Gasteiger partial charge on any atom is 0.328 e. The Bertz CT molecular complexity index is 405. The molecule has 0 aromatic heterocycles. The molecule has 1 amide bonds. The molecule has 0 aliphatic carbocycles. The first-order chi connectivity index (χ1) is 9.17. The zero-order chi connectivity index (χ0) is 14.1. The third-order valence-corrected chi connectivity index (χ3v) is 2.64. The number of hydrogen-bond donors (Lipinski definition) is 1. The van der Waals surface area contributed by atoms with Crippen LogP contribution in [0.1, 0.15) is 12.0 Å². The van der Waals surface area contributed by atoms with Gasteiger partial charge in [-0.3, -0.25) is 4.79 Å². The highest BCUT2D eigenvalue weighted by Crippen LogP contribution is 2.04. The molecule has 0 aliphatic heterocycles. The van der Waals surface area contributed by atoms with Gasteiger partial charge in [0.2, 0.25) is 5.91 Å². The summed E-state index contributed by atoms with van der Waals surface area (Å²) in [5.41, 5.74) is 0.963. The predicted molar refractivity (Wildman–Crippen MR) is 70.6 cm³/mol. The third kappa shape index (κ3) is 5.52. The summed E-state index contributed by atoms with van der Waals surface area (Å²) in [4.78, 5) is 23.3. The Morgan fingerprint density at radius 1 is 1.21 bits per heavy atom. The first-order valence-electron chi connectivity index (χ1n) is 6.07. The van der Waals surface area contributed by atoms with Gasteiger partial charge in [-0.1, -0.05) is 30.3 Å².